The number of carbonyl (C=O) groups excluding carboxylic acids is 1. The van der Waals surface area contributed by atoms with Crippen LogP contribution in [0.2, 0.25) is 5.02 Å². The predicted molar refractivity (Wildman–Crippen MR) is 78.9 cm³/mol. The van der Waals surface area contributed by atoms with Gasteiger partial charge >= 0.3 is 0 Å². The Hall–Kier alpha value is -0.970. The van der Waals surface area contributed by atoms with E-state index >= 15 is 0 Å². The lowest BCUT2D eigenvalue weighted by Crippen LogP contribution is -2.26. The zero-order chi connectivity index (χ0) is 13.1. The summed E-state index contributed by atoms with van der Waals surface area (Å²) in [7, 11) is 0. The first-order valence-corrected chi connectivity index (χ1v) is 7.11. The molecule has 0 spiro atoms. The first-order valence-electron chi connectivity index (χ1n) is 5.40. The predicted octanol–water partition coefficient (Wildman–Crippen LogP) is 4.18. The lowest BCUT2D eigenvalue weighted by molar-refractivity contribution is 0.0940. The Kier molecular flexibility index (Phi) is 4.32. The Morgan fingerprint density at radius 2 is 2.22 bits per heavy atom. The number of halogens is 1. The molecule has 5 heteroatoms. The standard InChI is InChI=1S/C13H12ClNOS2/c1-8(12-3-2-6-18-12)15-13(16)10-7-9(17)4-5-11(10)14/h2-8,17H,1H3,(H,15,16). The van der Waals surface area contributed by atoms with Crippen LogP contribution in [-0.2, 0) is 0 Å². The lowest BCUT2D eigenvalue weighted by atomic mass is 10.2. The number of amides is 1. The van der Waals surface area contributed by atoms with Crippen molar-refractivity contribution in [2.75, 3.05) is 0 Å². The third kappa shape index (κ3) is 3.07. The monoisotopic (exact) mass is 297 g/mol. The fourth-order valence-corrected chi connectivity index (χ4v) is 2.71. The summed E-state index contributed by atoms with van der Waals surface area (Å²) in [6.07, 6.45) is 0. The number of nitrogens with one attached hydrogen (secondary N) is 1. The third-order valence-corrected chi connectivity index (χ3v) is 4.17. The molecule has 0 fully saturated rings. The fourth-order valence-electron chi connectivity index (χ4n) is 1.57. The van der Waals surface area contributed by atoms with Crippen molar-refractivity contribution in [2.24, 2.45) is 0 Å². The van der Waals surface area contributed by atoms with E-state index < -0.39 is 0 Å². The van der Waals surface area contributed by atoms with Gasteiger partial charge in [0, 0.05) is 9.77 Å². The second-order valence-corrected chi connectivity index (χ2v) is 5.78. The van der Waals surface area contributed by atoms with E-state index in [9.17, 15) is 4.79 Å². The molecular weight excluding hydrogens is 286 g/mol. The minimum absolute atomic E-state index is 0.0304. The summed E-state index contributed by atoms with van der Waals surface area (Å²) in [5, 5.41) is 5.34. The summed E-state index contributed by atoms with van der Waals surface area (Å²) in [6, 6.07) is 9.02. The molecule has 1 atom stereocenters. The van der Waals surface area contributed by atoms with E-state index in [0.717, 1.165) is 4.88 Å². The molecule has 0 saturated heterocycles. The van der Waals surface area contributed by atoms with Gasteiger partial charge in [-0.1, -0.05) is 17.7 Å². The molecular formula is C13H12ClNOS2. The summed E-state index contributed by atoms with van der Waals surface area (Å²) < 4.78 is 0. The number of thiophene rings is 1. The molecule has 2 rings (SSSR count). The highest BCUT2D eigenvalue weighted by Gasteiger charge is 2.14. The van der Waals surface area contributed by atoms with E-state index in [1.54, 1.807) is 29.5 Å². The minimum Gasteiger partial charge on any atom is -0.345 e. The molecule has 1 unspecified atom stereocenters. The highest BCUT2D eigenvalue weighted by molar-refractivity contribution is 7.80. The van der Waals surface area contributed by atoms with E-state index in [1.165, 1.54) is 0 Å². The van der Waals surface area contributed by atoms with E-state index in [0.29, 0.717) is 15.5 Å². The fraction of sp³-hybridized carbons (Fsp3) is 0.154. The summed E-state index contributed by atoms with van der Waals surface area (Å²) in [5.41, 5.74) is 0.451. The molecule has 1 aromatic carbocycles. The molecule has 0 radical (unpaired) electrons. The van der Waals surface area contributed by atoms with Crippen LogP contribution in [0.4, 0.5) is 0 Å². The van der Waals surface area contributed by atoms with Gasteiger partial charge in [0.2, 0.25) is 0 Å². The Morgan fingerprint density at radius 3 is 2.89 bits per heavy atom. The molecule has 0 saturated carbocycles. The van der Waals surface area contributed by atoms with E-state index in [1.807, 2.05) is 24.4 Å². The van der Waals surface area contributed by atoms with Crippen LogP contribution in [0, 0.1) is 0 Å². The average molecular weight is 298 g/mol. The van der Waals surface area contributed by atoms with Gasteiger partial charge in [0.15, 0.2) is 0 Å². The molecule has 94 valence electrons. The van der Waals surface area contributed by atoms with Crippen LogP contribution in [0.15, 0.2) is 40.6 Å². The molecule has 1 heterocycles. The molecule has 1 N–H and O–H groups in total. The highest BCUT2D eigenvalue weighted by Crippen LogP contribution is 2.22. The zero-order valence-electron chi connectivity index (χ0n) is 9.68. The van der Waals surface area contributed by atoms with Crippen molar-refractivity contribution >= 4 is 41.5 Å². The van der Waals surface area contributed by atoms with Gasteiger partial charge < -0.3 is 5.32 Å². The number of hydrogen-bond acceptors (Lipinski definition) is 3. The summed E-state index contributed by atoms with van der Waals surface area (Å²) >= 11 is 11.8. The summed E-state index contributed by atoms with van der Waals surface area (Å²) in [4.78, 5) is 13.9. The smallest absolute Gasteiger partial charge is 0.253 e. The van der Waals surface area contributed by atoms with Crippen LogP contribution in [0.1, 0.15) is 28.2 Å². The normalized spacial score (nSPS) is 12.2. The van der Waals surface area contributed by atoms with E-state index in [4.69, 9.17) is 11.6 Å². The number of thiol groups is 1. The van der Waals surface area contributed by atoms with Crippen molar-refractivity contribution in [3.05, 3.63) is 51.2 Å². The molecule has 2 nitrogen and oxygen atoms in total. The van der Waals surface area contributed by atoms with Crippen LogP contribution in [-0.4, -0.2) is 5.91 Å². The molecule has 0 aliphatic carbocycles. The summed E-state index contributed by atoms with van der Waals surface area (Å²) in [5.74, 6) is -0.184. The van der Waals surface area contributed by atoms with Crippen molar-refractivity contribution in [3.63, 3.8) is 0 Å². The number of hydrogen-bond donors (Lipinski definition) is 2. The van der Waals surface area contributed by atoms with Crippen LogP contribution < -0.4 is 5.32 Å². The molecule has 0 aliphatic rings. The maximum Gasteiger partial charge on any atom is 0.253 e. The van der Waals surface area contributed by atoms with Crippen LogP contribution in [0.5, 0.6) is 0 Å². The Bertz CT molecular complexity index is 554. The molecule has 1 amide bonds. The van der Waals surface area contributed by atoms with Gasteiger partial charge in [-0.3, -0.25) is 4.79 Å². The van der Waals surface area contributed by atoms with Gasteiger partial charge in [-0.25, -0.2) is 0 Å². The molecule has 1 aromatic heterocycles. The van der Waals surface area contributed by atoms with Gasteiger partial charge in [-0.05, 0) is 36.6 Å². The maximum absolute atomic E-state index is 12.1. The lowest BCUT2D eigenvalue weighted by Gasteiger charge is -2.13. The topological polar surface area (TPSA) is 29.1 Å². The second-order valence-electron chi connectivity index (χ2n) is 3.87. The third-order valence-electron chi connectivity index (χ3n) is 2.51. The summed E-state index contributed by atoms with van der Waals surface area (Å²) in [6.45, 7) is 1.95. The van der Waals surface area contributed by atoms with Crippen molar-refractivity contribution in [3.8, 4) is 0 Å². The number of benzene rings is 1. The van der Waals surface area contributed by atoms with Crippen molar-refractivity contribution < 1.29 is 4.79 Å². The van der Waals surface area contributed by atoms with Crippen LogP contribution in [0.3, 0.4) is 0 Å². The first-order chi connectivity index (χ1) is 8.58. The van der Waals surface area contributed by atoms with Crippen LogP contribution >= 0.6 is 35.6 Å². The Labute approximate surface area is 120 Å². The Morgan fingerprint density at radius 1 is 1.44 bits per heavy atom. The van der Waals surface area contributed by atoms with Gasteiger partial charge in [0.1, 0.15) is 0 Å². The zero-order valence-corrected chi connectivity index (χ0v) is 12.1. The first kappa shape index (κ1) is 13.5. The highest BCUT2D eigenvalue weighted by atomic mass is 35.5. The number of rotatable bonds is 3. The largest absolute Gasteiger partial charge is 0.345 e. The molecule has 0 bridgehead atoms. The van der Waals surface area contributed by atoms with Crippen LogP contribution in [0.25, 0.3) is 0 Å². The van der Waals surface area contributed by atoms with E-state index in [-0.39, 0.29) is 11.9 Å². The van der Waals surface area contributed by atoms with E-state index in [2.05, 4.69) is 17.9 Å². The van der Waals surface area contributed by atoms with Gasteiger partial charge in [-0.15, -0.1) is 24.0 Å². The van der Waals surface area contributed by atoms with Gasteiger partial charge in [0.25, 0.3) is 5.91 Å². The second kappa shape index (κ2) is 5.78. The SMILES string of the molecule is CC(NC(=O)c1cc(S)ccc1Cl)c1cccs1. The van der Waals surface area contributed by atoms with Crippen molar-refractivity contribution in [2.45, 2.75) is 17.9 Å². The average Bonchev–Trinajstić information content (AvgIpc) is 2.85. The minimum atomic E-state index is -0.184. The van der Waals surface area contributed by atoms with Crippen molar-refractivity contribution in [1.82, 2.24) is 5.32 Å². The molecule has 18 heavy (non-hydrogen) atoms. The number of carbonyl (C=O) groups is 1. The maximum atomic E-state index is 12.1. The molecule has 0 aliphatic heterocycles. The van der Waals surface area contributed by atoms with Crippen molar-refractivity contribution in [1.29, 1.82) is 0 Å². The molecule has 2 aromatic rings. The Balaban J connectivity index is 2.15. The quantitative estimate of drug-likeness (QED) is 0.818. The van der Waals surface area contributed by atoms with Gasteiger partial charge in [-0.2, -0.15) is 0 Å². The van der Waals surface area contributed by atoms with Gasteiger partial charge in [0.05, 0.1) is 16.6 Å².